The summed E-state index contributed by atoms with van der Waals surface area (Å²) >= 11 is 1.56. The van der Waals surface area contributed by atoms with Gasteiger partial charge in [-0.2, -0.15) is 0 Å². The number of aromatic nitrogens is 2. The predicted octanol–water partition coefficient (Wildman–Crippen LogP) is 2.69. The molecule has 0 atom stereocenters. The molecule has 0 radical (unpaired) electrons. The highest BCUT2D eigenvalue weighted by Crippen LogP contribution is 2.18. The maximum Gasteiger partial charge on any atom is 0.253 e. The van der Waals surface area contributed by atoms with Crippen LogP contribution in [-0.2, 0) is 0 Å². The van der Waals surface area contributed by atoms with E-state index in [1.807, 2.05) is 11.2 Å². The molecule has 1 aromatic carbocycles. The summed E-state index contributed by atoms with van der Waals surface area (Å²) in [6, 6.07) is 5.71. The second kappa shape index (κ2) is 7.61. The van der Waals surface area contributed by atoms with Crippen LogP contribution >= 0.6 is 11.8 Å². The number of benzene rings is 1. The standard InChI is InChI=1S/C17H19FN4OS/c1-24-16-12-19-11-15(20-16)21-7-2-8-22(10-9-21)17(23)13-3-5-14(18)6-4-13/h3-6,11-12H,2,7-10H2,1H3. The molecule has 24 heavy (non-hydrogen) atoms. The Morgan fingerprint density at radius 1 is 1.12 bits per heavy atom. The molecule has 0 N–H and O–H groups in total. The van der Waals surface area contributed by atoms with Gasteiger partial charge in [-0.05, 0) is 36.9 Å². The highest BCUT2D eigenvalue weighted by atomic mass is 32.2. The van der Waals surface area contributed by atoms with Gasteiger partial charge in [-0.3, -0.25) is 9.78 Å². The lowest BCUT2D eigenvalue weighted by atomic mass is 10.2. The Labute approximate surface area is 144 Å². The Bertz CT molecular complexity index is 710. The van der Waals surface area contributed by atoms with Gasteiger partial charge in [-0.1, -0.05) is 0 Å². The van der Waals surface area contributed by atoms with Gasteiger partial charge in [-0.15, -0.1) is 11.8 Å². The van der Waals surface area contributed by atoms with Crippen LogP contribution in [0.25, 0.3) is 0 Å². The fourth-order valence-corrected chi connectivity index (χ4v) is 3.06. The van der Waals surface area contributed by atoms with Crippen molar-refractivity contribution in [2.24, 2.45) is 0 Å². The second-order valence-electron chi connectivity index (χ2n) is 5.56. The van der Waals surface area contributed by atoms with E-state index >= 15 is 0 Å². The smallest absolute Gasteiger partial charge is 0.253 e. The van der Waals surface area contributed by atoms with Gasteiger partial charge in [0.2, 0.25) is 0 Å². The quantitative estimate of drug-likeness (QED) is 0.800. The van der Waals surface area contributed by atoms with Crippen LogP contribution in [0.1, 0.15) is 16.8 Å². The molecule has 1 saturated heterocycles. The molecule has 1 aromatic heterocycles. The summed E-state index contributed by atoms with van der Waals surface area (Å²) in [7, 11) is 0. The minimum Gasteiger partial charge on any atom is -0.353 e. The van der Waals surface area contributed by atoms with E-state index in [-0.39, 0.29) is 11.7 Å². The monoisotopic (exact) mass is 346 g/mol. The van der Waals surface area contributed by atoms with Crippen molar-refractivity contribution in [1.82, 2.24) is 14.9 Å². The first kappa shape index (κ1) is 16.7. The molecule has 0 aliphatic carbocycles. The molecule has 0 saturated carbocycles. The summed E-state index contributed by atoms with van der Waals surface area (Å²) < 4.78 is 13.0. The van der Waals surface area contributed by atoms with Crippen LogP contribution in [0, 0.1) is 5.82 Å². The Balaban J connectivity index is 1.68. The van der Waals surface area contributed by atoms with Crippen molar-refractivity contribution < 1.29 is 9.18 Å². The number of amides is 1. The Morgan fingerprint density at radius 3 is 2.67 bits per heavy atom. The van der Waals surface area contributed by atoms with Crippen molar-refractivity contribution in [2.75, 3.05) is 37.3 Å². The van der Waals surface area contributed by atoms with Crippen LogP contribution in [0.3, 0.4) is 0 Å². The SMILES string of the molecule is CSc1cncc(N2CCCN(C(=O)c3ccc(F)cc3)CC2)n1. The molecule has 2 heterocycles. The molecule has 2 aromatic rings. The fourth-order valence-electron chi connectivity index (χ4n) is 2.71. The highest BCUT2D eigenvalue weighted by molar-refractivity contribution is 7.98. The molecule has 1 amide bonds. The lowest BCUT2D eigenvalue weighted by molar-refractivity contribution is 0.0767. The number of halogens is 1. The van der Waals surface area contributed by atoms with E-state index in [0.29, 0.717) is 25.2 Å². The third-order valence-corrected chi connectivity index (χ3v) is 4.62. The van der Waals surface area contributed by atoms with Gasteiger partial charge in [-0.25, -0.2) is 9.37 Å². The molecule has 1 fully saturated rings. The lowest BCUT2D eigenvalue weighted by Crippen LogP contribution is -2.35. The summed E-state index contributed by atoms with van der Waals surface area (Å²) in [6.07, 6.45) is 6.34. The van der Waals surface area contributed by atoms with Gasteiger partial charge < -0.3 is 9.80 Å². The first-order valence-corrected chi connectivity index (χ1v) is 9.05. The minimum absolute atomic E-state index is 0.0548. The fraction of sp³-hybridized carbons (Fsp3) is 0.353. The van der Waals surface area contributed by atoms with Gasteiger partial charge in [0.05, 0.1) is 12.4 Å². The van der Waals surface area contributed by atoms with Gasteiger partial charge in [0.1, 0.15) is 16.7 Å². The topological polar surface area (TPSA) is 49.3 Å². The zero-order valence-corrected chi connectivity index (χ0v) is 14.3. The molecule has 5 nitrogen and oxygen atoms in total. The number of rotatable bonds is 3. The second-order valence-corrected chi connectivity index (χ2v) is 6.39. The number of anilines is 1. The Hall–Kier alpha value is -2.15. The number of carbonyl (C=O) groups excluding carboxylic acids is 1. The van der Waals surface area contributed by atoms with Crippen LogP contribution in [0.2, 0.25) is 0 Å². The average molecular weight is 346 g/mol. The average Bonchev–Trinajstić information content (AvgIpc) is 2.88. The van der Waals surface area contributed by atoms with E-state index in [1.54, 1.807) is 24.2 Å². The number of nitrogens with zero attached hydrogens (tertiary/aromatic N) is 4. The summed E-state index contributed by atoms with van der Waals surface area (Å²) in [4.78, 5) is 25.3. The minimum atomic E-state index is -0.333. The third-order valence-electron chi connectivity index (χ3n) is 4.01. The normalized spacial score (nSPS) is 15.2. The molecular weight excluding hydrogens is 327 g/mol. The highest BCUT2D eigenvalue weighted by Gasteiger charge is 2.21. The van der Waals surface area contributed by atoms with E-state index in [4.69, 9.17) is 0 Å². The van der Waals surface area contributed by atoms with E-state index in [9.17, 15) is 9.18 Å². The van der Waals surface area contributed by atoms with Crippen molar-refractivity contribution in [3.05, 3.63) is 48.0 Å². The van der Waals surface area contributed by atoms with Crippen LogP contribution in [-0.4, -0.2) is 53.2 Å². The van der Waals surface area contributed by atoms with Crippen molar-refractivity contribution >= 4 is 23.5 Å². The molecule has 126 valence electrons. The lowest BCUT2D eigenvalue weighted by Gasteiger charge is -2.23. The van der Waals surface area contributed by atoms with Crippen molar-refractivity contribution in [2.45, 2.75) is 11.4 Å². The molecule has 0 spiro atoms. The molecule has 0 unspecified atom stereocenters. The van der Waals surface area contributed by atoms with Crippen LogP contribution in [0.4, 0.5) is 10.2 Å². The molecule has 1 aliphatic heterocycles. The number of hydrogen-bond donors (Lipinski definition) is 0. The molecule has 7 heteroatoms. The van der Waals surface area contributed by atoms with Crippen molar-refractivity contribution in [3.63, 3.8) is 0 Å². The Morgan fingerprint density at radius 2 is 1.92 bits per heavy atom. The van der Waals surface area contributed by atoms with Gasteiger partial charge >= 0.3 is 0 Å². The number of carbonyl (C=O) groups is 1. The first-order valence-electron chi connectivity index (χ1n) is 7.83. The van der Waals surface area contributed by atoms with Crippen molar-refractivity contribution in [1.29, 1.82) is 0 Å². The maximum atomic E-state index is 13.0. The number of hydrogen-bond acceptors (Lipinski definition) is 5. The van der Waals surface area contributed by atoms with E-state index < -0.39 is 0 Å². The van der Waals surface area contributed by atoms with Crippen LogP contribution in [0.15, 0.2) is 41.7 Å². The molecular formula is C17H19FN4OS. The molecule has 1 aliphatic rings. The van der Waals surface area contributed by atoms with Crippen molar-refractivity contribution in [3.8, 4) is 0 Å². The van der Waals surface area contributed by atoms with E-state index in [0.717, 1.165) is 23.8 Å². The summed E-state index contributed by atoms with van der Waals surface area (Å²) in [5, 5.41) is 0.885. The van der Waals surface area contributed by atoms with Gasteiger partial charge in [0, 0.05) is 31.7 Å². The summed E-state index contributed by atoms with van der Waals surface area (Å²) in [5.41, 5.74) is 0.522. The molecule has 0 bridgehead atoms. The Kier molecular flexibility index (Phi) is 5.30. The third kappa shape index (κ3) is 3.84. The summed E-state index contributed by atoms with van der Waals surface area (Å²) in [6.45, 7) is 2.84. The van der Waals surface area contributed by atoms with Crippen LogP contribution < -0.4 is 4.90 Å². The van der Waals surface area contributed by atoms with Gasteiger partial charge in [0.25, 0.3) is 5.91 Å². The largest absolute Gasteiger partial charge is 0.353 e. The van der Waals surface area contributed by atoms with E-state index in [1.165, 1.54) is 24.3 Å². The number of thioether (sulfide) groups is 1. The van der Waals surface area contributed by atoms with Gasteiger partial charge in [0.15, 0.2) is 0 Å². The zero-order valence-electron chi connectivity index (χ0n) is 13.5. The van der Waals surface area contributed by atoms with Crippen LogP contribution in [0.5, 0.6) is 0 Å². The maximum absolute atomic E-state index is 13.0. The first-order chi connectivity index (χ1) is 11.7. The zero-order chi connectivity index (χ0) is 16.9. The molecule has 3 rings (SSSR count). The van der Waals surface area contributed by atoms with E-state index in [2.05, 4.69) is 14.9 Å². The summed E-state index contributed by atoms with van der Waals surface area (Å²) in [5.74, 6) is 0.458. The predicted molar refractivity (Wildman–Crippen MR) is 92.9 cm³/mol.